The van der Waals surface area contributed by atoms with Gasteiger partial charge in [-0.15, -0.1) is 0 Å². The molecule has 0 saturated carbocycles. The second kappa shape index (κ2) is 9.61. The van der Waals surface area contributed by atoms with Crippen LogP contribution in [0, 0.1) is 13.8 Å². The standard InChI is InChI=1S/C24H24BrNO3/c1-4-28-22-14-19(24(27)26-20-11-7-17(3)8-12-20)13-21(25)23(22)29-15-18-9-5-16(2)6-10-18/h5-14H,4,15H2,1-3H3,(H,26,27). The summed E-state index contributed by atoms with van der Waals surface area (Å²) < 4.78 is 12.4. The minimum absolute atomic E-state index is 0.208. The number of hydrogen-bond donors (Lipinski definition) is 1. The Morgan fingerprint density at radius 1 is 0.931 bits per heavy atom. The molecule has 0 aliphatic heterocycles. The zero-order valence-electron chi connectivity index (χ0n) is 16.8. The Morgan fingerprint density at radius 3 is 2.17 bits per heavy atom. The molecule has 0 aliphatic carbocycles. The van der Waals surface area contributed by atoms with Crippen LogP contribution in [0.1, 0.15) is 34.0 Å². The molecular formula is C24H24BrNO3. The van der Waals surface area contributed by atoms with E-state index in [0.717, 1.165) is 16.8 Å². The first-order chi connectivity index (χ1) is 14.0. The van der Waals surface area contributed by atoms with Gasteiger partial charge >= 0.3 is 0 Å². The van der Waals surface area contributed by atoms with E-state index < -0.39 is 0 Å². The fourth-order valence-electron chi connectivity index (χ4n) is 2.78. The zero-order valence-corrected chi connectivity index (χ0v) is 18.4. The third kappa shape index (κ3) is 5.61. The van der Waals surface area contributed by atoms with E-state index in [1.807, 2.05) is 50.2 Å². The van der Waals surface area contributed by atoms with E-state index in [1.165, 1.54) is 5.56 Å². The number of rotatable bonds is 7. The fourth-order valence-corrected chi connectivity index (χ4v) is 3.34. The molecule has 0 unspecified atom stereocenters. The summed E-state index contributed by atoms with van der Waals surface area (Å²) >= 11 is 3.53. The summed E-state index contributed by atoms with van der Waals surface area (Å²) in [4.78, 5) is 12.7. The van der Waals surface area contributed by atoms with Crippen molar-refractivity contribution in [3.8, 4) is 11.5 Å². The summed E-state index contributed by atoms with van der Waals surface area (Å²) in [6.45, 7) is 6.84. The maximum atomic E-state index is 12.7. The van der Waals surface area contributed by atoms with Crippen LogP contribution in [0.15, 0.2) is 65.1 Å². The molecular weight excluding hydrogens is 430 g/mol. The van der Waals surface area contributed by atoms with Crippen LogP contribution in [0.4, 0.5) is 5.69 Å². The highest BCUT2D eigenvalue weighted by Crippen LogP contribution is 2.37. The van der Waals surface area contributed by atoms with E-state index in [0.29, 0.717) is 34.7 Å². The predicted molar refractivity (Wildman–Crippen MR) is 120 cm³/mol. The van der Waals surface area contributed by atoms with Gasteiger partial charge < -0.3 is 14.8 Å². The summed E-state index contributed by atoms with van der Waals surface area (Å²) in [6.07, 6.45) is 0. The molecule has 0 heterocycles. The number of amides is 1. The molecule has 0 aliphatic rings. The molecule has 0 aromatic heterocycles. The van der Waals surface area contributed by atoms with Crippen LogP contribution in [0.3, 0.4) is 0 Å². The van der Waals surface area contributed by atoms with Gasteiger partial charge in [-0.2, -0.15) is 0 Å². The van der Waals surface area contributed by atoms with Gasteiger partial charge in [-0.1, -0.05) is 47.5 Å². The van der Waals surface area contributed by atoms with Gasteiger partial charge in [0.2, 0.25) is 0 Å². The van der Waals surface area contributed by atoms with E-state index >= 15 is 0 Å². The van der Waals surface area contributed by atoms with Gasteiger partial charge in [0.1, 0.15) is 6.61 Å². The van der Waals surface area contributed by atoms with Crippen LogP contribution in [0.2, 0.25) is 0 Å². The van der Waals surface area contributed by atoms with Crippen molar-refractivity contribution in [2.45, 2.75) is 27.4 Å². The Hall–Kier alpha value is -2.79. The van der Waals surface area contributed by atoms with Crippen molar-refractivity contribution in [3.63, 3.8) is 0 Å². The lowest BCUT2D eigenvalue weighted by atomic mass is 10.1. The number of nitrogens with one attached hydrogen (secondary N) is 1. The van der Waals surface area contributed by atoms with E-state index in [1.54, 1.807) is 12.1 Å². The largest absolute Gasteiger partial charge is 0.490 e. The third-order valence-corrected chi connectivity index (χ3v) is 4.97. The van der Waals surface area contributed by atoms with Crippen molar-refractivity contribution in [1.29, 1.82) is 0 Å². The van der Waals surface area contributed by atoms with Crippen molar-refractivity contribution < 1.29 is 14.3 Å². The number of benzene rings is 3. The molecule has 1 N–H and O–H groups in total. The monoisotopic (exact) mass is 453 g/mol. The predicted octanol–water partition coefficient (Wildman–Crippen LogP) is 6.30. The molecule has 0 atom stereocenters. The second-order valence-corrected chi connectivity index (χ2v) is 7.67. The Morgan fingerprint density at radius 2 is 1.55 bits per heavy atom. The quantitative estimate of drug-likeness (QED) is 0.456. The lowest BCUT2D eigenvalue weighted by Crippen LogP contribution is -2.12. The van der Waals surface area contributed by atoms with Crippen LogP contribution < -0.4 is 14.8 Å². The van der Waals surface area contributed by atoms with Crippen molar-refractivity contribution in [2.24, 2.45) is 0 Å². The van der Waals surface area contributed by atoms with Gasteiger partial charge in [0, 0.05) is 11.3 Å². The van der Waals surface area contributed by atoms with Crippen molar-refractivity contribution in [1.82, 2.24) is 0 Å². The van der Waals surface area contributed by atoms with Gasteiger partial charge in [0.25, 0.3) is 5.91 Å². The highest BCUT2D eigenvalue weighted by atomic mass is 79.9. The van der Waals surface area contributed by atoms with Crippen molar-refractivity contribution >= 4 is 27.5 Å². The van der Waals surface area contributed by atoms with E-state index in [-0.39, 0.29) is 5.91 Å². The molecule has 0 saturated heterocycles. The smallest absolute Gasteiger partial charge is 0.255 e. The number of halogens is 1. The molecule has 3 rings (SSSR count). The summed E-state index contributed by atoms with van der Waals surface area (Å²) in [5, 5.41) is 2.91. The number of anilines is 1. The molecule has 4 nitrogen and oxygen atoms in total. The van der Waals surface area contributed by atoms with Crippen LogP contribution >= 0.6 is 15.9 Å². The van der Waals surface area contributed by atoms with E-state index in [9.17, 15) is 4.79 Å². The first kappa shape index (κ1) is 20.9. The van der Waals surface area contributed by atoms with E-state index in [2.05, 4.69) is 40.3 Å². The maximum Gasteiger partial charge on any atom is 0.255 e. The average Bonchev–Trinajstić information content (AvgIpc) is 2.70. The highest BCUT2D eigenvalue weighted by molar-refractivity contribution is 9.10. The van der Waals surface area contributed by atoms with E-state index in [4.69, 9.17) is 9.47 Å². The van der Waals surface area contributed by atoms with Crippen LogP contribution in [-0.2, 0) is 6.61 Å². The Bertz CT molecular complexity index is 982. The summed E-state index contributed by atoms with van der Waals surface area (Å²) in [5.74, 6) is 0.906. The molecule has 3 aromatic carbocycles. The lowest BCUT2D eigenvalue weighted by molar-refractivity contribution is 0.102. The van der Waals surface area contributed by atoms with Crippen molar-refractivity contribution in [2.75, 3.05) is 11.9 Å². The topological polar surface area (TPSA) is 47.6 Å². The number of aryl methyl sites for hydroxylation is 2. The van der Waals surface area contributed by atoms with Gasteiger partial charge in [-0.3, -0.25) is 4.79 Å². The zero-order chi connectivity index (χ0) is 20.8. The van der Waals surface area contributed by atoms with Crippen LogP contribution in [0.25, 0.3) is 0 Å². The second-order valence-electron chi connectivity index (χ2n) is 6.81. The van der Waals surface area contributed by atoms with Gasteiger partial charge in [-0.05, 0) is 66.5 Å². The normalized spacial score (nSPS) is 10.5. The van der Waals surface area contributed by atoms with Crippen molar-refractivity contribution in [3.05, 3.63) is 87.4 Å². The molecule has 0 fully saturated rings. The molecule has 0 bridgehead atoms. The lowest BCUT2D eigenvalue weighted by Gasteiger charge is -2.16. The summed E-state index contributed by atoms with van der Waals surface area (Å²) in [5.41, 5.74) is 4.64. The van der Waals surface area contributed by atoms with Crippen LogP contribution in [-0.4, -0.2) is 12.5 Å². The minimum atomic E-state index is -0.208. The van der Waals surface area contributed by atoms with Crippen LogP contribution in [0.5, 0.6) is 11.5 Å². The number of hydrogen-bond acceptors (Lipinski definition) is 3. The summed E-state index contributed by atoms with van der Waals surface area (Å²) in [6, 6.07) is 19.3. The molecule has 5 heteroatoms. The molecule has 0 spiro atoms. The van der Waals surface area contributed by atoms with Gasteiger partial charge in [0.15, 0.2) is 11.5 Å². The molecule has 150 valence electrons. The minimum Gasteiger partial charge on any atom is -0.490 e. The molecule has 1 amide bonds. The Labute approximate surface area is 180 Å². The maximum absolute atomic E-state index is 12.7. The third-order valence-electron chi connectivity index (χ3n) is 4.38. The molecule has 3 aromatic rings. The first-order valence-electron chi connectivity index (χ1n) is 9.49. The molecule has 0 radical (unpaired) electrons. The number of ether oxygens (including phenoxy) is 2. The SMILES string of the molecule is CCOc1cc(C(=O)Nc2ccc(C)cc2)cc(Br)c1OCc1ccc(C)cc1. The van der Waals surface area contributed by atoms with Gasteiger partial charge in [0.05, 0.1) is 11.1 Å². The first-order valence-corrected chi connectivity index (χ1v) is 10.3. The number of carbonyl (C=O) groups is 1. The molecule has 29 heavy (non-hydrogen) atoms. The highest BCUT2D eigenvalue weighted by Gasteiger charge is 2.16. The average molecular weight is 454 g/mol. The van der Waals surface area contributed by atoms with Gasteiger partial charge in [-0.25, -0.2) is 0 Å². The Balaban J connectivity index is 1.80. The Kier molecular flexibility index (Phi) is 6.94. The number of carbonyl (C=O) groups excluding carboxylic acids is 1. The fraction of sp³-hybridized carbons (Fsp3) is 0.208. The summed E-state index contributed by atoms with van der Waals surface area (Å²) in [7, 11) is 0.